The third-order valence-electron chi connectivity index (χ3n) is 4.54. The minimum Gasteiger partial charge on any atom is -0.486 e. The van der Waals surface area contributed by atoms with E-state index in [4.69, 9.17) is 14.2 Å². The van der Waals surface area contributed by atoms with E-state index in [2.05, 4.69) is 15.9 Å². The third kappa shape index (κ3) is 4.25. The lowest BCUT2D eigenvalue weighted by molar-refractivity contribution is -0.148. The standard InChI is InChI=1S/C19H18BrNO6S2/c20-15-9-18-17(25-6-7-26-18)8-13(15)10-27-19(22)16-11-28-12-21(16)29(23,24)14-4-2-1-3-5-14/h1-5,8-9,16H,6-7,10-12H2/t16-/m1/s1. The molecule has 1 atom stereocenters. The number of sulfonamides is 1. The predicted molar refractivity (Wildman–Crippen MR) is 112 cm³/mol. The molecule has 0 radical (unpaired) electrons. The van der Waals surface area contributed by atoms with Gasteiger partial charge in [-0.25, -0.2) is 8.42 Å². The topological polar surface area (TPSA) is 82.1 Å². The molecule has 0 aromatic heterocycles. The fourth-order valence-electron chi connectivity index (χ4n) is 3.04. The Hall–Kier alpha value is -1.75. The highest BCUT2D eigenvalue weighted by molar-refractivity contribution is 9.10. The molecule has 1 saturated heterocycles. The molecule has 7 nitrogen and oxygen atoms in total. The van der Waals surface area contributed by atoms with Crippen LogP contribution >= 0.6 is 27.7 Å². The monoisotopic (exact) mass is 499 g/mol. The second-order valence-corrected chi connectivity index (χ2v) is 10.2. The fourth-order valence-corrected chi connectivity index (χ4v) is 6.62. The summed E-state index contributed by atoms with van der Waals surface area (Å²) in [6.45, 7) is 0.939. The van der Waals surface area contributed by atoms with Crippen LogP contribution in [0, 0.1) is 0 Å². The fraction of sp³-hybridized carbons (Fsp3) is 0.316. The number of thioether (sulfide) groups is 1. The Morgan fingerprint density at radius 2 is 1.86 bits per heavy atom. The van der Waals surface area contributed by atoms with E-state index >= 15 is 0 Å². The first-order valence-corrected chi connectivity index (χ1v) is 12.2. The van der Waals surface area contributed by atoms with Gasteiger partial charge in [-0.1, -0.05) is 34.1 Å². The van der Waals surface area contributed by atoms with E-state index in [0.29, 0.717) is 36.0 Å². The van der Waals surface area contributed by atoms with Crippen LogP contribution in [0.1, 0.15) is 5.56 Å². The summed E-state index contributed by atoms with van der Waals surface area (Å²) in [6.07, 6.45) is 0. The first-order chi connectivity index (χ1) is 14.0. The van der Waals surface area contributed by atoms with Crippen molar-refractivity contribution in [2.45, 2.75) is 17.5 Å². The Kier molecular flexibility index (Phi) is 6.05. The smallest absolute Gasteiger partial charge is 0.325 e. The van der Waals surface area contributed by atoms with Gasteiger partial charge in [0, 0.05) is 15.8 Å². The van der Waals surface area contributed by atoms with E-state index in [1.807, 2.05) is 0 Å². The number of nitrogens with zero attached hydrogens (tertiary/aromatic N) is 1. The van der Waals surface area contributed by atoms with Crippen molar-refractivity contribution < 1.29 is 27.4 Å². The number of hydrogen-bond acceptors (Lipinski definition) is 7. The molecular weight excluding hydrogens is 482 g/mol. The molecule has 0 aliphatic carbocycles. The minimum absolute atomic E-state index is 0.00352. The summed E-state index contributed by atoms with van der Waals surface area (Å²) in [4.78, 5) is 12.9. The Bertz CT molecular complexity index is 1010. The van der Waals surface area contributed by atoms with Crippen molar-refractivity contribution in [1.82, 2.24) is 4.31 Å². The normalized spacial score (nSPS) is 19.1. The highest BCUT2D eigenvalue weighted by Crippen LogP contribution is 2.36. The number of rotatable bonds is 5. The van der Waals surface area contributed by atoms with Crippen molar-refractivity contribution in [3.8, 4) is 11.5 Å². The van der Waals surface area contributed by atoms with Gasteiger partial charge in [-0.15, -0.1) is 11.8 Å². The molecule has 0 unspecified atom stereocenters. The number of hydrogen-bond donors (Lipinski definition) is 0. The SMILES string of the molecule is O=C(OCc1cc2c(cc1Br)OCCO2)[C@H]1CSCN1S(=O)(=O)c1ccccc1. The van der Waals surface area contributed by atoms with Gasteiger partial charge in [-0.05, 0) is 24.3 Å². The molecule has 4 rings (SSSR count). The highest BCUT2D eigenvalue weighted by Gasteiger charge is 2.41. The number of halogens is 1. The molecule has 2 aliphatic rings. The first-order valence-electron chi connectivity index (χ1n) is 8.86. The lowest BCUT2D eigenvalue weighted by Crippen LogP contribution is -2.42. The molecular formula is C19H18BrNO6S2. The summed E-state index contributed by atoms with van der Waals surface area (Å²) in [7, 11) is -3.77. The van der Waals surface area contributed by atoms with E-state index in [-0.39, 0.29) is 17.4 Å². The average Bonchev–Trinajstić information content (AvgIpc) is 3.23. The van der Waals surface area contributed by atoms with Crippen molar-refractivity contribution in [2.75, 3.05) is 24.8 Å². The molecule has 0 spiro atoms. The molecule has 2 aromatic carbocycles. The number of benzene rings is 2. The zero-order chi connectivity index (χ0) is 20.4. The number of ether oxygens (including phenoxy) is 3. The summed E-state index contributed by atoms with van der Waals surface area (Å²) < 4.78 is 44.3. The van der Waals surface area contributed by atoms with Gasteiger partial charge in [-0.3, -0.25) is 4.79 Å². The van der Waals surface area contributed by atoms with Crippen molar-refractivity contribution in [3.63, 3.8) is 0 Å². The minimum atomic E-state index is -3.77. The Morgan fingerprint density at radius 3 is 2.59 bits per heavy atom. The maximum Gasteiger partial charge on any atom is 0.325 e. The average molecular weight is 500 g/mol. The van der Waals surface area contributed by atoms with Gasteiger partial charge in [0.15, 0.2) is 11.5 Å². The van der Waals surface area contributed by atoms with Gasteiger partial charge in [0.2, 0.25) is 10.0 Å². The van der Waals surface area contributed by atoms with Gasteiger partial charge in [0.05, 0.1) is 10.8 Å². The molecule has 0 bridgehead atoms. The highest BCUT2D eigenvalue weighted by atomic mass is 79.9. The molecule has 29 heavy (non-hydrogen) atoms. The van der Waals surface area contributed by atoms with Crippen molar-refractivity contribution in [2.24, 2.45) is 0 Å². The molecule has 0 N–H and O–H groups in total. The van der Waals surface area contributed by atoms with Crippen LogP contribution in [0.15, 0.2) is 51.8 Å². The van der Waals surface area contributed by atoms with Gasteiger partial charge in [0.25, 0.3) is 0 Å². The Morgan fingerprint density at radius 1 is 1.17 bits per heavy atom. The van der Waals surface area contributed by atoms with Gasteiger partial charge in [0.1, 0.15) is 25.9 Å². The summed E-state index contributed by atoms with van der Waals surface area (Å²) in [5.74, 6) is 1.22. The number of fused-ring (bicyclic) bond motifs is 1. The molecule has 2 aliphatic heterocycles. The van der Waals surface area contributed by atoms with Crippen LogP contribution < -0.4 is 9.47 Å². The van der Waals surface area contributed by atoms with E-state index in [1.54, 1.807) is 30.3 Å². The van der Waals surface area contributed by atoms with Crippen LogP contribution in [0.3, 0.4) is 0 Å². The lowest BCUT2D eigenvalue weighted by Gasteiger charge is -2.22. The molecule has 10 heteroatoms. The number of carbonyl (C=O) groups excluding carboxylic acids is 1. The molecule has 0 amide bonds. The third-order valence-corrected chi connectivity index (χ3v) is 8.33. The summed E-state index contributed by atoms with van der Waals surface area (Å²) >= 11 is 4.83. The van der Waals surface area contributed by atoms with Gasteiger partial charge in [-0.2, -0.15) is 4.31 Å². The van der Waals surface area contributed by atoms with Crippen LogP contribution in [0.2, 0.25) is 0 Å². The van der Waals surface area contributed by atoms with Crippen LogP contribution in [0.25, 0.3) is 0 Å². The Labute approximate surface area is 181 Å². The van der Waals surface area contributed by atoms with E-state index in [0.717, 1.165) is 4.47 Å². The lowest BCUT2D eigenvalue weighted by atomic mass is 10.2. The zero-order valence-electron chi connectivity index (χ0n) is 15.2. The second-order valence-electron chi connectivity index (χ2n) is 6.42. The zero-order valence-corrected chi connectivity index (χ0v) is 18.5. The quantitative estimate of drug-likeness (QED) is 0.584. The van der Waals surface area contributed by atoms with Crippen molar-refractivity contribution in [1.29, 1.82) is 0 Å². The largest absolute Gasteiger partial charge is 0.486 e. The van der Waals surface area contributed by atoms with Crippen LogP contribution in [-0.2, 0) is 26.2 Å². The molecule has 2 aromatic rings. The summed E-state index contributed by atoms with van der Waals surface area (Å²) in [6, 6.07) is 10.8. The molecule has 1 fully saturated rings. The van der Waals surface area contributed by atoms with E-state index in [9.17, 15) is 13.2 Å². The predicted octanol–water partition coefficient (Wildman–Crippen LogP) is 3.03. The Balaban J connectivity index is 1.47. The second kappa shape index (κ2) is 8.55. The maximum absolute atomic E-state index is 12.9. The van der Waals surface area contributed by atoms with Crippen molar-refractivity contribution >= 4 is 43.7 Å². The van der Waals surface area contributed by atoms with Crippen LogP contribution in [0.4, 0.5) is 0 Å². The number of carbonyl (C=O) groups is 1. The van der Waals surface area contributed by atoms with Gasteiger partial charge < -0.3 is 14.2 Å². The molecule has 0 saturated carbocycles. The van der Waals surface area contributed by atoms with Crippen LogP contribution in [-0.4, -0.2) is 49.6 Å². The van der Waals surface area contributed by atoms with E-state index < -0.39 is 22.0 Å². The summed E-state index contributed by atoms with van der Waals surface area (Å²) in [5, 5.41) is 0. The van der Waals surface area contributed by atoms with Crippen LogP contribution in [0.5, 0.6) is 11.5 Å². The summed E-state index contributed by atoms with van der Waals surface area (Å²) in [5.41, 5.74) is 0.714. The first kappa shape index (κ1) is 20.5. The maximum atomic E-state index is 12.9. The number of esters is 1. The van der Waals surface area contributed by atoms with E-state index in [1.165, 1.54) is 28.2 Å². The van der Waals surface area contributed by atoms with Gasteiger partial charge >= 0.3 is 5.97 Å². The molecule has 154 valence electrons. The van der Waals surface area contributed by atoms with Crippen molar-refractivity contribution in [3.05, 3.63) is 52.5 Å². The molecule has 2 heterocycles.